The molecule has 1 aliphatic heterocycles. The van der Waals surface area contributed by atoms with Crippen molar-refractivity contribution in [3.8, 4) is 0 Å². The number of fused-ring (bicyclic) bond motifs is 1. The number of rotatable bonds is 2. The molecule has 1 aromatic carbocycles. The first kappa shape index (κ1) is 11.5. The van der Waals surface area contributed by atoms with Gasteiger partial charge in [0.25, 0.3) is 0 Å². The first-order valence-corrected chi connectivity index (χ1v) is 6.20. The molecule has 0 aliphatic carbocycles. The summed E-state index contributed by atoms with van der Waals surface area (Å²) in [6.45, 7) is 10.0. The molecule has 16 heavy (non-hydrogen) atoms. The molecule has 88 valence electrons. The molecule has 1 N–H and O–H groups in total. The van der Waals surface area contributed by atoms with Crippen molar-refractivity contribution in [3.63, 3.8) is 0 Å². The maximum atomic E-state index is 3.62. The predicted molar refractivity (Wildman–Crippen MR) is 69.9 cm³/mol. The van der Waals surface area contributed by atoms with E-state index in [2.05, 4.69) is 55.3 Å². The third-order valence-electron chi connectivity index (χ3n) is 3.17. The van der Waals surface area contributed by atoms with E-state index in [1.807, 2.05) is 0 Å². The molecule has 1 aliphatic rings. The molecular weight excluding hydrogens is 196 g/mol. The third-order valence-corrected chi connectivity index (χ3v) is 3.17. The molecular formula is C14H22N2. The number of benzene rings is 1. The van der Waals surface area contributed by atoms with Gasteiger partial charge >= 0.3 is 0 Å². The highest BCUT2D eigenvalue weighted by Gasteiger charge is 2.25. The number of hydrogen-bond donors (Lipinski definition) is 1. The first-order valence-electron chi connectivity index (χ1n) is 6.20. The van der Waals surface area contributed by atoms with Crippen LogP contribution in [0.3, 0.4) is 0 Å². The van der Waals surface area contributed by atoms with Gasteiger partial charge in [0.1, 0.15) is 0 Å². The number of anilines is 1. The molecule has 0 bridgehead atoms. The standard InChI is InChI=1S/C14H22N2/c1-4-9-16-11-14(2,3)15-10-12-7-5-6-8-13(12)16/h5-8,15H,4,9-11H2,1-3H3. The Kier molecular flexibility index (Phi) is 3.20. The van der Waals surface area contributed by atoms with E-state index in [4.69, 9.17) is 0 Å². The third kappa shape index (κ3) is 2.38. The lowest BCUT2D eigenvalue weighted by atomic mass is 10.1. The van der Waals surface area contributed by atoms with Gasteiger partial charge in [0, 0.05) is 30.9 Å². The summed E-state index contributed by atoms with van der Waals surface area (Å²) in [6, 6.07) is 8.74. The fourth-order valence-electron chi connectivity index (χ4n) is 2.39. The van der Waals surface area contributed by atoms with Crippen LogP contribution in [0.5, 0.6) is 0 Å². The van der Waals surface area contributed by atoms with Crippen molar-refractivity contribution in [1.29, 1.82) is 0 Å². The molecule has 0 fully saturated rings. The van der Waals surface area contributed by atoms with E-state index in [-0.39, 0.29) is 5.54 Å². The van der Waals surface area contributed by atoms with Crippen molar-refractivity contribution in [2.24, 2.45) is 0 Å². The second-order valence-electron chi connectivity index (χ2n) is 5.29. The van der Waals surface area contributed by atoms with Crippen molar-refractivity contribution in [2.45, 2.75) is 39.3 Å². The Morgan fingerprint density at radius 2 is 2.06 bits per heavy atom. The number of hydrogen-bond acceptors (Lipinski definition) is 2. The molecule has 0 aromatic heterocycles. The summed E-state index contributed by atoms with van der Waals surface area (Å²) >= 11 is 0. The minimum atomic E-state index is 0.189. The van der Waals surface area contributed by atoms with Gasteiger partial charge < -0.3 is 10.2 Å². The summed E-state index contributed by atoms with van der Waals surface area (Å²) in [7, 11) is 0. The van der Waals surface area contributed by atoms with Crippen molar-refractivity contribution in [2.75, 3.05) is 18.0 Å². The summed E-state index contributed by atoms with van der Waals surface area (Å²) in [5.74, 6) is 0. The molecule has 0 saturated heterocycles. The molecule has 2 heteroatoms. The number of nitrogens with one attached hydrogen (secondary N) is 1. The molecule has 0 radical (unpaired) electrons. The molecule has 2 rings (SSSR count). The van der Waals surface area contributed by atoms with E-state index in [9.17, 15) is 0 Å². The Bertz CT molecular complexity index is 358. The number of para-hydroxylation sites is 1. The van der Waals surface area contributed by atoms with Crippen LogP contribution in [0.25, 0.3) is 0 Å². The van der Waals surface area contributed by atoms with Crippen LogP contribution >= 0.6 is 0 Å². The van der Waals surface area contributed by atoms with E-state index in [1.165, 1.54) is 17.7 Å². The normalized spacial score (nSPS) is 19.1. The Balaban J connectivity index is 2.33. The Morgan fingerprint density at radius 1 is 1.31 bits per heavy atom. The van der Waals surface area contributed by atoms with Crippen molar-refractivity contribution in [1.82, 2.24) is 5.32 Å². The zero-order valence-corrected chi connectivity index (χ0v) is 10.6. The smallest absolute Gasteiger partial charge is 0.0412 e. The topological polar surface area (TPSA) is 15.3 Å². The molecule has 0 spiro atoms. The zero-order valence-electron chi connectivity index (χ0n) is 10.6. The Labute approximate surface area is 98.7 Å². The monoisotopic (exact) mass is 218 g/mol. The van der Waals surface area contributed by atoms with Crippen LogP contribution in [0.4, 0.5) is 5.69 Å². The minimum Gasteiger partial charge on any atom is -0.369 e. The molecule has 0 atom stereocenters. The first-order chi connectivity index (χ1) is 7.62. The van der Waals surface area contributed by atoms with Crippen LogP contribution in [0.15, 0.2) is 24.3 Å². The van der Waals surface area contributed by atoms with Crippen molar-refractivity contribution in [3.05, 3.63) is 29.8 Å². The number of nitrogens with zero attached hydrogens (tertiary/aromatic N) is 1. The largest absolute Gasteiger partial charge is 0.369 e. The van der Waals surface area contributed by atoms with E-state index in [0.29, 0.717) is 0 Å². The maximum Gasteiger partial charge on any atom is 0.0412 e. The van der Waals surface area contributed by atoms with Gasteiger partial charge in [-0.1, -0.05) is 25.1 Å². The SMILES string of the molecule is CCCN1CC(C)(C)NCc2ccccc21. The van der Waals surface area contributed by atoms with E-state index in [0.717, 1.165) is 19.6 Å². The highest BCUT2D eigenvalue weighted by molar-refractivity contribution is 5.54. The fourth-order valence-corrected chi connectivity index (χ4v) is 2.39. The summed E-state index contributed by atoms with van der Waals surface area (Å²) < 4.78 is 0. The highest BCUT2D eigenvalue weighted by atomic mass is 15.2. The van der Waals surface area contributed by atoms with Gasteiger partial charge in [0.2, 0.25) is 0 Å². The van der Waals surface area contributed by atoms with Crippen LogP contribution < -0.4 is 10.2 Å². The maximum absolute atomic E-state index is 3.62. The molecule has 0 amide bonds. The van der Waals surface area contributed by atoms with Crippen LogP contribution in [-0.2, 0) is 6.54 Å². The van der Waals surface area contributed by atoms with Crippen LogP contribution in [0, 0.1) is 0 Å². The summed E-state index contributed by atoms with van der Waals surface area (Å²) in [5.41, 5.74) is 3.01. The van der Waals surface area contributed by atoms with Gasteiger partial charge in [0.15, 0.2) is 0 Å². The van der Waals surface area contributed by atoms with Gasteiger partial charge in [0.05, 0.1) is 0 Å². The molecule has 1 heterocycles. The lowest BCUT2D eigenvalue weighted by Crippen LogP contribution is -2.46. The summed E-state index contributed by atoms with van der Waals surface area (Å²) in [6.07, 6.45) is 1.20. The van der Waals surface area contributed by atoms with E-state index >= 15 is 0 Å². The highest BCUT2D eigenvalue weighted by Crippen LogP contribution is 2.26. The van der Waals surface area contributed by atoms with Crippen LogP contribution in [0.2, 0.25) is 0 Å². The second kappa shape index (κ2) is 4.46. The summed E-state index contributed by atoms with van der Waals surface area (Å²) in [4.78, 5) is 2.51. The van der Waals surface area contributed by atoms with Gasteiger partial charge in [-0.05, 0) is 31.9 Å². The van der Waals surface area contributed by atoms with Gasteiger partial charge in [-0.2, -0.15) is 0 Å². The lowest BCUT2D eigenvalue weighted by molar-refractivity contribution is 0.395. The Hall–Kier alpha value is -1.02. The average molecular weight is 218 g/mol. The molecule has 0 unspecified atom stereocenters. The van der Waals surface area contributed by atoms with Crippen molar-refractivity contribution < 1.29 is 0 Å². The molecule has 1 aromatic rings. The van der Waals surface area contributed by atoms with Crippen LogP contribution in [0.1, 0.15) is 32.8 Å². The van der Waals surface area contributed by atoms with Gasteiger partial charge in [-0.25, -0.2) is 0 Å². The average Bonchev–Trinajstić information content (AvgIpc) is 2.38. The molecule has 2 nitrogen and oxygen atoms in total. The Morgan fingerprint density at radius 3 is 2.81 bits per heavy atom. The minimum absolute atomic E-state index is 0.189. The summed E-state index contributed by atoms with van der Waals surface area (Å²) in [5, 5.41) is 3.62. The quantitative estimate of drug-likeness (QED) is 0.821. The fraction of sp³-hybridized carbons (Fsp3) is 0.571. The van der Waals surface area contributed by atoms with E-state index in [1.54, 1.807) is 0 Å². The predicted octanol–water partition coefficient (Wildman–Crippen LogP) is 2.78. The zero-order chi connectivity index (χ0) is 11.6. The second-order valence-corrected chi connectivity index (χ2v) is 5.29. The lowest BCUT2D eigenvalue weighted by Gasteiger charge is -2.31. The van der Waals surface area contributed by atoms with Gasteiger partial charge in [-0.3, -0.25) is 0 Å². The van der Waals surface area contributed by atoms with Crippen LogP contribution in [-0.4, -0.2) is 18.6 Å². The van der Waals surface area contributed by atoms with Gasteiger partial charge in [-0.15, -0.1) is 0 Å². The molecule has 0 saturated carbocycles. The van der Waals surface area contributed by atoms with Crippen molar-refractivity contribution >= 4 is 5.69 Å². The van der Waals surface area contributed by atoms with E-state index < -0.39 is 0 Å².